The van der Waals surface area contributed by atoms with Crippen molar-refractivity contribution in [3.8, 4) is 0 Å². The molecule has 1 aliphatic carbocycles. The van der Waals surface area contributed by atoms with Crippen molar-refractivity contribution in [3.05, 3.63) is 51.7 Å². The standard InChI is InChI=1S/C5H6.3CO.CH3.W/c1-2-4-5-3-1;3*1-2;;/h1-4H,5H2;;;;1H3;/q;;;;-1;. The normalized spacial score (nSPS) is 7.23. The summed E-state index contributed by atoms with van der Waals surface area (Å²) in [5.41, 5.74) is 0. The van der Waals surface area contributed by atoms with Crippen LogP contribution in [0.15, 0.2) is 24.3 Å². The number of hydrogen-bond acceptors (Lipinski definition) is 0. The third-order valence-electron chi connectivity index (χ3n) is 0.655. The molecule has 0 N–H and O–H groups in total. The van der Waals surface area contributed by atoms with Crippen molar-refractivity contribution >= 4 is 0 Å². The van der Waals surface area contributed by atoms with E-state index < -0.39 is 0 Å². The Kier molecular flexibility index (Phi) is 144. The van der Waals surface area contributed by atoms with E-state index in [1.54, 1.807) is 0 Å². The van der Waals surface area contributed by atoms with Crippen molar-refractivity contribution in [2.75, 3.05) is 0 Å². The van der Waals surface area contributed by atoms with Gasteiger partial charge in [0.2, 0.25) is 0 Å². The Morgan fingerprint density at radius 2 is 1.00 bits per heavy atom. The van der Waals surface area contributed by atoms with Crippen LogP contribution >= 0.6 is 0 Å². The second kappa shape index (κ2) is 63.8. The molecule has 1 aliphatic rings. The first-order chi connectivity index (χ1) is 5.50. The van der Waals surface area contributed by atoms with Gasteiger partial charge >= 0.3 is 33.9 Å². The summed E-state index contributed by atoms with van der Waals surface area (Å²) in [5.74, 6) is 0. The molecule has 0 fully saturated rings. The zero-order valence-corrected chi connectivity index (χ0v) is 10.1. The fourth-order valence-corrected chi connectivity index (χ4v) is 0.393. The predicted molar refractivity (Wildman–Crippen MR) is 41.1 cm³/mol. The molecule has 0 unspecified atom stereocenters. The molecule has 70 valence electrons. The van der Waals surface area contributed by atoms with E-state index in [-0.39, 0.29) is 28.5 Å². The molecule has 3 nitrogen and oxygen atoms in total. The third-order valence-corrected chi connectivity index (χ3v) is 0.655. The van der Waals surface area contributed by atoms with Gasteiger partial charge in [-0.1, -0.05) is 24.3 Å². The third kappa shape index (κ3) is 52.1. The molecule has 0 bridgehead atoms. The zero-order chi connectivity index (χ0) is 9.54. The smallest absolute Gasteiger partial charge is 0 e. The Balaban J connectivity index is -0.0000000239. The first-order valence-corrected chi connectivity index (χ1v) is 2.43. The number of allylic oxidation sites excluding steroid dienone is 4. The van der Waals surface area contributed by atoms with Gasteiger partial charge in [0.05, 0.1) is 0 Å². The molecular formula is C9H9O3W-. The van der Waals surface area contributed by atoms with E-state index in [1.165, 1.54) is 0 Å². The molecule has 1 rings (SSSR count). The quantitative estimate of drug-likeness (QED) is 0.474. The van der Waals surface area contributed by atoms with Crippen LogP contribution in [0.25, 0.3) is 0 Å². The SMILES string of the molecule is C1=CCC=C1.[C-]#[O+].[C-]#[O+].[C-]#[O+].[CH3-].[W]. The molecule has 4 heteroatoms. The van der Waals surface area contributed by atoms with Crippen LogP contribution in [-0.4, -0.2) is 0 Å². The summed E-state index contributed by atoms with van der Waals surface area (Å²) < 4.78 is 22.5. The van der Waals surface area contributed by atoms with Crippen LogP contribution in [0.3, 0.4) is 0 Å². The monoisotopic (exact) mass is 349 g/mol. The van der Waals surface area contributed by atoms with Gasteiger partial charge in [-0.3, -0.25) is 0 Å². The fourth-order valence-electron chi connectivity index (χ4n) is 0.393. The van der Waals surface area contributed by atoms with Crippen molar-refractivity contribution in [2.45, 2.75) is 6.42 Å². The molecule has 0 spiro atoms. The van der Waals surface area contributed by atoms with Crippen molar-refractivity contribution in [1.29, 1.82) is 0 Å². The molecule has 0 aliphatic heterocycles. The second-order valence-corrected chi connectivity index (χ2v) is 1.09. The number of hydrogen-bond donors (Lipinski definition) is 0. The molecule has 0 amide bonds. The Morgan fingerprint density at radius 1 is 0.769 bits per heavy atom. The van der Waals surface area contributed by atoms with Gasteiger partial charge in [0.15, 0.2) is 0 Å². The van der Waals surface area contributed by atoms with E-state index in [0.717, 1.165) is 6.42 Å². The molecule has 0 saturated carbocycles. The van der Waals surface area contributed by atoms with Crippen LogP contribution in [0.4, 0.5) is 0 Å². The minimum absolute atomic E-state index is 0. The van der Waals surface area contributed by atoms with Gasteiger partial charge in [-0.25, -0.2) is 0 Å². The molecule has 0 saturated heterocycles. The molecule has 13 heavy (non-hydrogen) atoms. The minimum atomic E-state index is 0. The van der Waals surface area contributed by atoms with Crippen LogP contribution < -0.4 is 0 Å². The first kappa shape index (κ1) is 29.4. The summed E-state index contributed by atoms with van der Waals surface area (Å²) in [4.78, 5) is 0. The summed E-state index contributed by atoms with van der Waals surface area (Å²) >= 11 is 0. The van der Waals surface area contributed by atoms with E-state index in [4.69, 9.17) is 14.0 Å². The Labute approximate surface area is 93.3 Å². The van der Waals surface area contributed by atoms with Gasteiger partial charge in [0, 0.05) is 21.1 Å². The van der Waals surface area contributed by atoms with Crippen molar-refractivity contribution in [1.82, 2.24) is 0 Å². The molecule has 0 radical (unpaired) electrons. The molecular weight excluding hydrogens is 340 g/mol. The maximum Gasteiger partial charge on any atom is 0 e. The van der Waals surface area contributed by atoms with Crippen LogP contribution in [0, 0.1) is 27.4 Å². The fraction of sp³-hybridized carbons (Fsp3) is 0.111. The maximum absolute atomic E-state index is 7.50. The van der Waals surface area contributed by atoms with Crippen molar-refractivity contribution < 1.29 is 35.0 Å². The molecule has 0 atom stereocenters. The second-order valence-electron chi connectivity index (χ2n) is 1.09. The summed E-state index contributed by atoms with van der Waals surface area (Å²) in [7, 11) is 0. The van der Waals surface area contributed by atoms with Crippen molar-refractivity contribution in [2.24, 2.45) is 0 Å². The van der Waals surface area contributed by atoms with Gasteiger partial charge in [-0.2, -0.15) is 0 Å². The van der Waals surface area contributed by atoms with Gasteiger partial charge < -0.3 is 7.43 Å². The van der Waals surface area contributed by atoms with Crippen LogP contribution in [0.2, 0.25) is 0 Å². The van der Waals surface area contributed by atoms with Gasteiger partial charge in [0.25, 0.3) is 0 Å². The van der Waals surface area contributed by atoms with Crippen LogP contribution in [0.5, 0.6) is 0 Å². The average Bonchev–Trinajstić information content (AvgIpc) is 2.71. The average molecular weight is 349 g/mol. The summed E-state index contributed by atoms with van der Waals surface area (Å²) in [5, 5.41) is 0. The Bertz CT molecular complexity index is 141. The van der Waals surface area contributed by atoms with Crippen LogP contribution in [-0.2, 0) is 35.0 Å². The number of rotatable bonds is 0. The van der Waals surface area contributed by atoms with E-state index in [2.05, 4.69) is 44.3 Å². The van der Waals surface area contributed by atoms with Crippen molar-refractivity contribution in [3.63, 3.8) is 0 Å². The van der Waals surface area contributed by atoms with Gasteiger partial charge in [-0.15, -0.1) is 0 Å². The minimum Gasteiger partial charge on any atom is -0.358 e. The van der Waals surface area contributed by atoms with Gasteiger partial charge in [0.1, 0.15) is 0 Å². The van der Waals surface area contributed by atoms with Gasteiger partial charge in [-0.05, 0) is 6.42 Å². The largest absolute Gasteiger partial charge is 0.358 e. The first-order valence-electron chi connectivity index (χ1n) is 2.43. The summed E-state index contributed by atoms with van der Waals surface area (Å²) in [6.07, 6.45) is 9.50. The predicted octanol–water partition coefficient (Wildman–Crippen LogP) is 1.84. The molecule has 0 aromatic rings. The van der Waals surface area contributed by atoms with Crippen LogP contribution in [0.1, 0.15) is 6.42 Å². The summed E-state index contributed by atoms with van der Waals surface area (Å²) in [6.45, 7) is 13.5. The maximum atomic E-state index is 7.50. The molecule has 0 heterocycles. The van der Waals surface area contributed by atoms with E-state index >= 15 is 0 Å². The van der Waals surface area contributed by atoms with E-state index in [9.17, 15) is 0 Å². The Morgan fingerprint density at radius 3 is 1.08 bits per heavy atom. The topological polar surface area (TPSA) is 59.7 Å². The molecule has 0 aromatic heterocycles. The van der Waals surface area contributed by atoms with E-state index in [1.807, 2.05) is 0 Å². The summed E-state index contributed by atoms with van der Waals surface area (Å²) in [6, 6.07) is 0. The Hall–Kier alpha value is -0.612. The zero-order valence-electron chi connectivity index (χ0n) is 7.15. The van der Waals surface area contributed by atoms with E-state index in [0.29, 0.717) is 0 Å². The molecule has 0 aromatic carbocycles.